The third-order valence-electron chi connectivity index (χ3n) is 2.05. The first-order valence-electron chi connectivity index (χ1n) is 4.88. The first-order chi connectivity index (χ1) is 8.21. The molecule has 1 unspecified atom stereocenters. The van der Waals surface area contributed by atoms with Crippen molar-refractivity contribution >= 4 is 33.3 Å². The molecule has 1 amide bonds. The Kier molecular flexibility index (Phi) is 4.50. The lowest BCUT2D eigenvalue weighted by atomic mass is 10.1. The van der Waals surface area contributed by atoms with E-state index in [2.05, 4.69) is 15.9 Å². The summed E-state index contributed by atoms with van der Waals surface area (Å²) in [6.07, 6.45) is -4.93. The summed E-state index contributed by atoms with van der Waals surface area (Å²) >= 11 is 3.09. The van der Waals surface area contributed by atoms with Crippen molar-refractivity contribution in [2.24, 2.45) is 0 Å². The fourth-order valence-corrected chi connectivity index (χ4v) is 1.41. The van der Waals surface area contributed by atoms with Crippen LogP contribution in [0.1, 0.15) is 17.3 Å². The number of alkyl halides is 4. The summed E-state index contributed by atoms with van der Waals surface area (Å²) in [4.78, 5) is 21.8. The van der Waals surface area contributed by atoms with Gasteiger partial charge in [-0.05, 0) is 31.2 Å². The Balaban J connectivity index is 2.78. The highest BCUT2D eigenvalue weighted by molar-refractivity contribution is 9.10. The molecule has 3 nitrogen and oxygen atoms in total. The van der Waals surface area contributed by atoms with Crippen LogP contribution in [0.2, 0.25) is 0 Å². The third-order valence-corrected chi connectivity index (χ3v) is 2.46. The van der Waals surface area contributed by atoms with Crippen molar-refractivity contribution in [3.8, 4) is 0 Å². The maximum absolute atomic E-state index is 12.0. The molecule has 1 aromatic carbocycles. The van der Waals surface area contributed by atoms with Crippen LogP contribution < -0.4 is 5.32 Å². The summed E-state index contributed by atoms with van der Waals surface area (Å²) in [5.41, 5.74) is 0.334. The van der Waals surface area contributed by atoms with Crippen LogP contribution in [0.25, 0.3) is 0 Å². The number of anilines is 1. The van der Waals surface area contributed by atoms with Crippen molar-refractivity contribution in [1.29, 1.82) is 0 Å². The molecule has 0 aliphatic carbocycles. The summed E-state index contributed by atoms with van der Waals surface area (Å²) < 4.78 is 35.9. The number of carbonyl (C=O) groups excluding carboxylic acids is 2. The standard InChI is InChI=1S/C11H9BrF3NO2/c1-6(12)9(17)7-2-4-8(5-3-7)16-10(18)11(13,14)15/h2-6H,1H3,(H,16,18). The molecule has 1 atom stereocenters. The highest BCUT2D eigenvalue weighted by Crippen LogP contribution is 2.19. The maximum Gasteiger partial charge on any atom is 0.471 e. The number of rotatable bonds is 3. The molecule has 1 rings (SSSR count). The number of halogens is 4. The molecule has 0 saturated heterocycles. The molecule has 98 valence electrons. The number of amides is 1. The smallest absolute Gasteiger partial charge is 0.318 e. The lowest BCUT2D eigenvalue weighted by Gasteiger charge is -2.08. The van der Waals surface area contributed by atoms with E-state index in [1.54, 1.807) is 12.2 Å². The molecule has 0 radical (unpaired) electrons. The minimum absolute atomic E-state index is 0.0175. The van der Waals surface area contributed by atoms with Gasteiger partial charge in [0.05, 0.1) is 4.83 Å². The normalized spacial score (nSPS) is 12.9. The van der Waals surface area contributed by atoms with Gasteiger partial charge in [0, 0.05) is 11.3 Å². The van der Waals surface area contributed by atoms with Crippen molar-refractivity contribution in [2.75, 3.05) is 5.32 Å². The zero-order valence-corrected chi connectivity index (χ0v) is 10.8. The van der Waals surface area contributed by atoms with Gasteiger partial charge >= 0.3 is 12.1 Å². The lowest BCUT2D eigenvalue weighted by molar-refractivity contribution is -0.167. The highest BCUT2D eigenvalue weighted by Gasteiger charge is 2.38. The van der Waals surface area contributed by atoms with E-state index in [9.17, 15) is 22.8 Å². The van der Waals surface area contributed by atoms with Crippen molar-refractivity contribution in [2.45, 2.75) is 17.9 Å². The fourth-order valence-electron chi connectivity index (χ4n) is 1.15. The molecular formula is C11H9BrF3NO2. The maximum atomic E-state index is 12.0. The molecular weight excluding hydrogens is 315 g/mol. The number of benzene rings is 1. The van der Waals surface area contributed by atoms with Crippen LogP contribution in [-0.2, 0) is 4.79 Å². The van der Waals surface area contributed by atoms with E-state index in [1.807, 2.05) is 0 Å². The SMILES string of the molecule is CC(Br)C(=O)c1ccc(NC(=O)C(F)(F)F)cc1. The molecule has 0 aliphatic rings. The number of nitrogens with one attached hydrogen (secondary N) is 1. The van der Waals surface area contributed by atoms with Crippen LogP contribution in [-0.4, -0.2) is 22.7 Å². The minimum atomic E-state index is -4.93. The number of Topliss-reactive ketones (excluding diaryl/α,β-unsaturated/α-hetero) is 1. The van der Waals surface area contributed by atoms with E-state index in [-0.39, 0.29) is 16.3 Å². The molecule has 0 fully saturated rings. The Morgan fingerprint density at radius 3 is 2.11 bits per heavy atom. The summed E-state index contributed by atoms with van der Waals surface area (Å²) in [5, 5.41) is 1.69. The summed E-state index contributed by atoms with van der Waals surface area (Å²) in [5.74, 6) is -2.24. The number of carbonyl (C=O) groups is 2. The van der Waals surface area contributed by atoms with Gasteiger partial charge in [0.15, 0.2) is 5.78 Å². The van der Waals surface area contributed by atoms with Gasteiger partial charge in [-0.15, -0.1) is 0 Å². The van der Waals surface area contributed by atoms with Crippen molar-refractivity contribution in [3.05, 3.63) is 29.8 Å². The van der Waals surface area contributed by atoms with Crippen molar-refractivity contribution in [1.82, 2.24) is 0 Å². The summed E-state index contributed by atoms with van der Waals surface area (Å²) in [6, 6.07) is 5.19. The number of hydrogen-bond acceptors (Lipinski definition) is 2. The quantitative estimate of drug-likeness (QED) is 0.686. The van der Waals surface area contributed by atoms with Gasteiger partial charge < -0.3 is 5.32 Å². The predicted octanol–water partition coefficient (Wildman–Crippen LogP) is 3.15. The highest BCUT2D eigenvalue weighted by atomic mass is 79.9. The molecule has 0 aliphatic heterocycles. The molecule has 18 heavy (non-hydrogen) atoms. The zero-order valence-electron chi connectivity index (χ0n) is 9.22. The largest absolute Gasteiger partial charge is 0.471 e. The monoisotopic (exact) mass is 323 g/mol. The third kappa shape index (κ3) is 3.83. The Bertz CT molecular complexity index is 454. The van der Waals surface area contributed by atoms with Crippen LogP contribution in [0.4, 0.5) is 18.9 Å². The van der Waals surface area contributed by atoms with Crippen molar-refractivity contribution < 1.29 is 22.8 Å². The van der Waals surface area contributed by atoms with Gasteiger partial charge in [-0.3, -0.25) is 9.59 Å². The van der Waals surface area contributed by atoms with Crippen LogP contribution in [0.5, 0.6) is 0 Å². The lowest BCUT2D eigenvalue weighted by Crippen LogP contribution is -2.29. The van der Waals surface area contributed by atoms with E-state index in [1.165, 1.54) is 24.3 Å². The van der Waals surface area contributed by atoms with Crippen LogP contribution >= 0.6 is 15.9 Å². The molecule has 7 heteroatoms. The van der Waals surface area contributed by atoms with E-state index in [0.717, 1.165) is 0 Å². The van der Waals surface area contributed by atoms with Crippen molar-refractivity contribution in [3.63, 3.8) is 0 Å². The van der Waals surface area contributed by atoms with E-state index < -0.39 is 12.1 Å². The van der Waals surface area contributed by atoms with Crippen LogP contribution in [0.3, 0.4) is 0 Å². The van der Waals surface area contributed by atoms with Gasteiger partial charge in [0.2, 0.25) is 0 Å². The van der Waals surface area contributed by atoms with Gasteiger partial charge in [0.25, 0.3) is 0 Å². The number of ketones is 1. The molecule has 0 saturated carbocycles. The number of hydrogen-bond donors (Lipinski definition) is 1. The van der Waals surface area contributed by atoms with Gasteiger partial charge in [-0.1, -0.05) is 15.9 Å². The van der Waals surface area contributed by atoms with Gasteiger partial charge in [-0.25, -0.2) is 0 Å². The van der Waals surface area contributed by atoms with Gasteiger partial charge in [-0.2, -0.15) is 13.2 Å². The van der Waals surface area contributed by atoms with E-state index in [0.29, 0.717) is 5.56 Å². The zero-order chi connectivity index (χ0) is 13.9. The molecule has 1 aromatic rings. The fraction of sp³-hybridized carbons (Fsp3) is 0.273. The Morgan fingerprint density at radius 2 is 1.72 bits per heavy atom. The van der Waals surface area contributed by atoms with Crippen LogP contribution in [0, 0.1) is 0 Å². The Hall–Kier alpha value is -1.37. The summed E-state index contributed by atoms with van der Waals surface area (Å²) in [6.45, 7) is 1.64. The second-order valence-corrected chi connectivity index (χ2v) is 4.88. The molecule has 0 heterocycles. The average molecular weight is 324 g/mol. The predicted molar refractivity (Wildman–Crippen MR) is 63.8 cm³/mol. The van der Waals surface area contributed by atoms with E-state index >= 15 is 0 Å². The second kappa shape index (κ2) is 5.51. The van der Waals surface area contributed by atoms with E-state index in [4.69, 9.17) is 0 Å². The molecule has 0 spiro atoms. The Labute approximate surface area is 109 Å². The molecule has 0 aromatic heterocycles. The van der Waals surface area contributed by atoms with Gasteiger partial charge in [0.1, 0.15) is 0 Å². The Morgan fingerprint density at radius 1 is 1.22 bits per heavy atom. The molecule has 1 N–H and O–H groups in total. The average Bonchev–Trinajstić information content (AvgIpc) is 2.27. The molecule has 0 bridgehead atoms. The summed E-state index contributed by atoms with van der Waals surface area (Å²) in [7, 11) is 0. The second-order valence-electron chi connectivity index (χ2n) is 3.51. The minimum Gasteiger partial charge on any atom is -0.318 e. The van der Waals surface area contributed by atoms with Crippen LogP contribution in [0.15, 0.2) is 24.3 Å². The first kappa shape index (κ1) is 14.7. The topological polar surface area (TPSA) is 46.2 Å². The first-order valence-corrected chi connectivity index (χ1v) is 5.80.